The molecule has 2 rings (SSSR count). The number of halogens is 1. The van der Waals surface area contributed by atoms with E-state index in [0.29, 0.717) is 13.0 Å². The van der Waals surface area contributed by atoms with Gasteiger partial charge in [-0.25, -0.2) is 8.42 Å². The minimum atomic E-state index is -3.38. The third-order valence-electron chi connectivity index (χ3n) is 3.49. The van der Waals surface area contributed by atoms with E-state index in [4.69, 9.17) is 5.73 Å². The topological polar surface area (TPSA) is 63.4 Å². The first kappa shape index (κ1) is 15.7. The molecule has 0 radical (unpaired) electrons. The number of rotatable bonds is 3. The van der Waals surface area contributed by atoms with Gasteiger partial charge in [0, 0.05) is 28.5 Å². The number of sulfonamides is 1. The lowest BCUT2D eigenvalue weighted by Gasteiger charge is -2.34. The highest BCUT2D eigenvalue weighted by molar-refractivity contribution is 9.10. The molecule has 6 heteroatoms. The smallest absolute Gasteiger partial charge is 0.236 e. The lowest BCUT2D eigenvalue weighted by Crippen LogP contribution is -2.47. The van der Waals surface area contributed by atoms with Gasteiger partial charge in [-0.1, -0.05) is 28.1 Å². The van der Waals surface area contributed by atoms with Crippen LogP contribution in [0.4, 0.5) is 0 Å². The highest BCUT2D eigenvalue weighted by Crippen LogP contribution is 2.21. The molecule has 1 saturated heterocycles. The van der Waals surface area contributed by atoms with E-state index in [2.05, 4.69) is 15.9 Å². The van der Waals surface area contributed by atoms with E-state index >= 15 is 0 Å². The number of hydrogen-bond donors (Lipinski definition) is 1. The van der Waals surface area contributed by atoms with Crippen LogP contribution in [0.5, 0.6) is 0 Å². The number of piperidine rings is 1. The van der Waals surface area contributed by atoms with Gasteiger partial charge in [0.2, 0.25) is 10.0 Å². The van der Waals surface area contributed by atoms with Crippen LogP contribution in [0.15, 0.2) is 34.1 Å². The second-order valence-corrected chi connectivity index (χ2v) is 7.83. The SMILES string of the molecule is CC1CC(N)CCN1S(=O)(=O)C=Cc1ccc(Br)cc1. The molecule has 0 saturated carbocycles. The standard InChI is InChI=1S/C14H19BrN2O2S/c1-11-10-14(16)6-8-17(11)20(18,19)9-7-12-2-4-13(15)5-3-12/h2-5,7,9,11,14H,6,8,10,16H2,1H3. The lowest BCUT2D eigenvalue weighted by atomic mass is 10.0. The van der Waals surface area contributed by atoms with Crippen LogP contribution < -0.4 is 5.73 Å². The lowest BCUT2D eigenvalue weighted by molar-refractivity contribution is 0.250. The number of benzene rings is 1. The summed E-state index contributed by atoms with van der Waals surface area (Å²) >= 11 is 3.35. The van der Waals surface area contributed by atoms with Crippen molar-refractivity contribution in [3.05, 3.63) is 39.7 Å². The predicted octanol–water partition coefficient (Wildman–Crippen LogP) is 2.56. The fourth-order valence-electron chi connectivity index (χ4n) is 2.38. The van der Waals surface area contributed by atoms with Gasteiger partial charge in [-0.15, -0.1) is 0 Å². The largest absolute Gasteiger partial charge is 0.328 e. The van der Waals surface area contributed by atoms with E-state index in [1.54, 1.807) is 6.08 Å². The van der Waals surface area contributed by atoms with Gasteiger partial charge in [-0.3, -0.25) is 0 Å². The molecule has 110 valence electrons. The zero-order valence-electron chi connectivity index (χ0n) is 11.4. The van der Waals surface area contributed by atoms with Crippen molar-refractivity contribution in [3.8, 4) is 0 Å². The van der Waals surface area contributed by atoms with Gasteiger partial charge in [0.05, 0.1) is 0 Å². The fraction of sp³-hybridized carbons (Fsp3) is 0.429. The second-order valence-electron chi connectivity index (χ2n) is 5.14. The summed E-state index contributed by atoms with van der Waals surface area (Å²) in [5.74, 6) is 0. The van der Waals surface area contributed by atoms with E-state index in [0.717, 1.165) is 16.5 Å². The Kier molecular flexibility index (Phi) is 5.01. The van der Waals surface area contributed by atoms with Crippen molar-refractivity contribution in [2.75, 3.05) is 6.54 Å². The predicted molar refractivity (Wildman–Crippen MR) is 85.5 cm³/mol. The third-order valence-corrected chi connectivity index (χ3v) is 5.69. The van der Waals surface area contributed by atoms with Crippen LogP contribution in [0.3, 0.4) is 0 Å². The van der Waals surface area contributed by atoms with Gasteiger partial charge in [-0.05, 0) is 43.5 Å². The Morgan fingerprint density at radius 1 is 1.35 bits per heavy atom. The van der Waals surface area contributed by atoms with Crippen molar-refractivity contribution in [2.45, 2.75) is 31.8 Å². The second kappa shape index (κ2) is 6.39. The molecular weight excluding hydrogens is 340 g/mol. The molecule has 1 aromatic rings. The van der Waals surface area contributed by atoms with Crippen LogP contribution in [0, 0.1) is 0 Å². The van der Waals surface area contributed by atoms with E-state index in [9.17, 15) is 8.42 Å². The molecule has 1 fully saturated rings. The Morgan fingerprint density at radius 2 is 2.00 bits per heavy atom. The Labute approximate surface area is 128 Å². The molecule has 1 heterocycles. The van der Waals surface area contributed by atoms with Crippen molar-refractivity contribution >= 4 is 32.0 Å². The summed E-state index contributed by atoms with van der Waals surface area (Å²) in [6.07, 6.45) is 3.06. The zero-order valence-corrected chi connectivity index (χ0v) is 13.8. The summed E-state index contributed by atoms with van der Waals surface area (Å²) in [5.41, 5.74) is 6.73. The van der Waals surface area contributed by atoms with Gasteiger partial charge in [0.1, 0.15) is 0 Å². The van der Waals surface area contributed by atoms with Crippen molar-refractivity contribution in [2.24, 2.45) is 5.73 Å². The van der Waals surface area contributed by atoms with Crippen LogP contribution in [-0.4, -0.2) is 31.4 Å². The number of hydrogen-bond acceptors (Lipinski definition) is 3. The number of nitrogens with zero attached hydrogens (tertiary/aromatic N) is 1. The van der Waals surface area contributed by atoms with Crippen molar-refractivity contribution in [1.82, 2.24) is 4.31 Å². The number of nitrogens with two attached hydrogens (primary N) is 1. The highest BCUT2D eigenvalue weighted by Gasteiger charge is 2.30. The van der Waals surface area contributed by atoms with Crippen LogP contribution in [0.1, 0.15) is 25.3 Å². The van der Waals surface area contributed by atoms with Crippen molar-refractivity contribution < 1.29 is 8.42 Å². The summed E-state index contributed by atoms with van der Waals surface area (Å²) < 4.78 is 27.2. The molecule has 0 amide bonds. The first-order valence-electron chi connectivity index (χ1n) is 6.59. The summed E-state index contributed by atoms with van der Waals surface area (Å²) in [5, 5.41) is 1.28. The highest BCUT2D eigenvalue weighted by atomic mass is 79.9. The molecule has 2 N–H and O–H groups in total. The summed E-state index contributed by atoms with van der Waals surface area (Å²) in [6, 6.07) is 7.56. The molecule has 20 heavy (non-hydrogen) atoms. The quantitative estimate of drug-likeness (QED) is 0.902. The zero-order chi connectivity index (χ0) is 14.8. The first-order valence-corrected chi connectivity index (χ1v) is 8.89. The van der Waals surface area contributed by atoms with Crippen LogP contribution >= 0.6 is 15.9 Å². The van der Waals surface area contributed by atoms with Crippen molar-refractivity contribution in [3.63, 3.8) is 0 Å². The summed E-state index contributed by atoms with van der Waals surface area (Å²) in [4.78, 5) is 0. The molecule has 0 bridgehead atoms. The average molecular weight is 359 g/mol. The molecule has 0 aliphatic carbocycles. The Morgan fingerprint density at radius 3 is 2.60 bits per heavy atom. The monoisotopic (exact) mass is 358 g/mol. The molecular formula is C14H19BrN2O2S. The summed E-state index contributed by atoms with van der Waals surface area (Å²) in [6.45, 7) is 2.40. The molecule has 2 atom stereocenters. The normalized spacial score (nSPS) is 25.1. The van der Waals surface area contributed by atoms with E-state index < -0.39 is 10.0 Å². The molecule has 1 aliphatic rings. The van der Waals surface area contributed by atoms with Crippen LogP contribution in [0.25, 0.3) is 6.08 Å². The van der Waals surface area contributed by atoms with E-state index in [1.807, 2.05) is 31.2 Å². The molecule has 2 unspecified atom stereocenters. The molecule has 1 aliphatic heterocycles. The molecule has 0 aromatic heterocycles. The molecule has 0 spiro atoms. The van der Waals surface area contributed by atoms with Gasteiger partial charge < -0.3 is 5.73 Å². The van der Waals surface area contributed by atoms with Gasteiger partial charge in [0.25, 0.3) is 0 Å². The Hall–Kier alpha value is -0.690. The Bertz CT molecular complexity index is 584. The van der Waals surface area contributed by atoms with E-state index in [1.165, 1.54) is 9.71 Å². The molecule has 4 nitrogen and oxygen atoms in total. The minimum absolute atomic E-state index is 0.0432. The maximum Gasteiger partial charge on any atom is 0.236 e. The van der Waals surface area contributed by atoms with E-state index in [-0.39, 0.29) is 12.1 Å². The average Bonchev–Trinajstić information content (AvgIpc) is 2.37. The van der Waals surface area contributed by atoms with Gasteiger partial charge in [-0.2, -0.15) is 4.31 Å². The summed E-state index contributed by atoms with van der Waals surface area (Å²) in [7, 11) is -3.38. The maximum atomic E-state index is 12.3. The van der Waals surface area contributed by atoms with Gasteiger partial charge >= 0.3 is 0 Å². The van der Waals surface area contributed by atoms with Crippen LogP contribution in [0.2, 0.25) is 0 Å². The fourth-order valence-corrected chi connectivity index (χ4v) is 4.08. The molecule has 1 aromatic carbocycles. The van der Waals surface area contributed by atoms with Crippen molar-refractivity contribution in [1.29, 1.82) is 0 Å². The van der Waals surface area contributed by atoms with Gasteiger partial charge in [0.15, 0.2) is 0 Å². The maximum absolute atomic E-state index is 12.3. The first-order chi connectivity index (χ1) is 9.38. The van der Waals surface area contributed by atoms with Crippen LogP contribution in [-0.2, 0) is 10.0 Å². The Balaban J connectivity index is 2.12. The minimum Gasteiger partial charge on any atom is -0.328 e. The third kappa shape index (κ3) is 3.91.